The van der Waals surface area contributed by atoms with Crippen LogP contribution >= 0.6 is 0 Å². The van der Waals surface area contributed by atoms with Crippen LogP contribution in [0.25, 0.3) is 0 Å². The number of hydrogen-bond acceptors (Lipinski definition) is 6. The van der Waals surface area contributed by atoms with Gasteiger partial charge in [-0.25, -0.2) is 0 Å². The Morgan fingerprint density at radius 2 is 1.78 bits per heavy atom. The predicted molar refractivity (Wildman–Crippen MR) is 110 cm³/mol. The van der Waals surface area contributed by atoms with E-state index in [1.807, 2.05) is 12.1 Å². The number of benzene rings is 2. The molecule has 1 fully saturated rings. The fraction of sp³-hybridized carbons (Fsp3) is 0.286. The van der Waals surface area contributed by atoms with Crippen LogP contribution in [0.4, 0.5) is 23.1 Å². The molecule has 1 aromatic heterocycles. The van der Waals surface area contributed by atoms with Crippen LogP contribution < -0.4 is 15.5 Å². The van der Waals surface area contributed by atoms with Gasteiger partial charge in [-0.3, -0.25) is 0 Å². The summed E-state index contributed by atoms with van der Waals surface area (Å²) >= 11 is 0. The van der Waals surface area contributed by atoms with E-state index in [0.29, 0.717) is 18.3 Å². The molecule has 6 heteroatoms. The van der Waals surface area contributed by atoms with E-state index < -0.39 is 0 Å². The van der Waals surface area contributed by atoms with Crippen LogP contribution in [0.3, 0.4) is 0 Å². The third kappa shape index (κ3) is 4.34. The molecule has 0 radical (unpaired) electrons. The molecule has 0 saturated carbocycles. The Labute approximate surface area is 159 Å². The minimum absolute atomic E-state index is 0.511. The number of hydrogen-bond donors (Lipinski definition) is 2. The van der Waals surface area contributed by atoms with Gasteiger partial charge in [0, 0.05) is 31.0 Å². The zero-order valence-electron chi connectivity index (χ0n) is 15.5. The Kier molecular flexibility index (Phi) is 5.14. The highest BCUT2D eigenvalue weighted by Gasteiger charge is 2.11. The van der Waals surface area contributed by atoms with E-state index in [1.54, 1.807) is 6.20 Å². The smallest absolute Gasteiger partial charge is 0.244 e. The molecule has 0 bridgehead atoms. The summed E-state index contributed by atoms with van der Waals surface area (Å²) in [4.78, 5) is 6.93. The third-order valence-corrected chi connectivity index (χ3v) is 4.87. The lowest BCUT2D eigenvalue weighted by atomic mass is 10.1. The van der Waals surface area contributed by atoms with Gasteiger partial charge < -0.3 is 15.5 Å². The SMILES string of the molecule is Cc1ccccc1CNc1nncc(Nc2ccc(N3CCCC3)cc2)n1. The van der Waals surface area contributed by atoms with Crippen molar-refractivity contribution >= 4 is 23.1 Å². The zero-order valence-corrected chi connectivity index (χ0v) is 15.5. The van der Waals surface area contributed by atoms with Crippen molar-refractivity contribution in [2.75, 3.05) is 28.6 Å². The minimum atomic E-state index is 0.511. The second-order valence-electron chi connectivity index (χ2n) is 6.81. The van der Waals surface area contributed by atoms with Crippen molar-refractivity contribution in [1.82, 2.24) is 15.2 Å². The van der Waals surface area contributed by atoms with Crippen LogP contribution in [-0.2, 0) is 6.54 Å². The lowest BCUT2D eigenvalue weighted by Crippen LogP contribution is -2.17. The standard InChI is InChI=1S/C21H24N6/c1-16-6-2-3-7-17(16)14-22-21-25-20(15-23-26-21)24-18-8-10-19(11-9-18)27-12-4-5-13-27/h2-3,6-11,15H,4-5,12-14H2,1H3,(H2,22,24,25,26). The number of rotatable bonds is 6. The lowest BCUT2D eigenvalue weighted by Gasteiger charge is -2.17. The Morgan fingerprint density at radius 3 is 2.56 bits per heavy atom. The van der Waals surface area contributed by atoms with E-state index in [2.05, 4.69) is 74.0 Å². The minimum Gasteiger partial charge on any atom is -0.372 e. The molecular weight excluding hydrogens is 336 g/mol. The van der Waals surface area contributed by atoms with Gasteiger partial charge in [-0.05, 0) is 55.2 Å². The Morgan fingerprint density at radius 1 is 1.00 bits per heavy atom. The van der Waals surface area contributed by atoms with Crippen molar-refractivity contribution in [3.05, 3.63) is 65.9 Å². The van der Waals surface area contributed by atoms with Crippen molar-refractivity contribution in [3.8, 4) is 0 Å². The summed E-state index contributed by atoms with van der Waals surface area (Å²) in [5.41, 5.74) is 4.73. The summed E-state index contributed by atoms with van der Waals surface area (Å²) < 4.78 is 0. The monoisotopic (exact) mass is 360 g/mol. The Balaban J connectivity index is 1.39. The second kappa shape index (κ2) is 8.03. The Hall–Kier alpha value is -3.15. The molecule has 0 atom stereocenters. The average molecular weight is 360 g/mol. The molecule has 138 valence electrons. The van der Waals surface area contributed by atoms with E-state index in [1.165, 1.54) is 29.7 Å². The highest BCUT2D eigenvalue weighted by molar-refractivity contribution is 5.61. The van der Waals surface area contributed by atoms with Gasteiger partial charge in [-0.2, -0.15) is 10.1 Å². The molecule has 6 nitrogen and oxygen atoms in total. The van der Waals surface area contributed by atoms with Crippen molar-refractivity contribution in [2.24, 2.45) is 0 Å². The molecular formula is C21H24N6. The molecule has 0 spiro atoms. The van der Waals surface area contributed by atoms with Crippen LogP contribution in [0.1, 0.15) is 24.0 Å². The molecule has 3 aromatic rings. The van der Waals surface area contributed by atoms with Crippen molar-refractivity contribution in [2.45, 2.75) is 26.3 Å². The van der Waals surface area contributed by atoms with Gasteiger partial charge in [0.2, 0.25) is 5.95 Å². The Bertz CT molecular complexity index is 887. The molecule has 2 N–H and O–H groups in total. The summed E-state index contributed by atoms with van der Waals surface area (Å²) in [6.07, 6.45) is 4.20. The van der Waals surface area contributed by atoms with Gasteiger partial charge in [0.1, 0.15) is 0 Å². The van der Waals surface area contributed by atoms with Crippen LogP contribution in [0.15, 0.2) is 54.7 Å². The van der Waals surface area contributed by atoms with Gasteiger partial charge >= 0.3 is 0 Å². The first-order chi connectivity index (χ1) is 13.3. The quantitative estimate of drug-likeness (QED) is 0.689. The highest BCUT2D eigenvalue weighted by atomic mass is 15.3. The van der Waals surface area contributed by atoms with E-state index in [4.69, 9.17) is 0 Å². The molecule has 0 aliphatic carbocycles. The molecule has 4 rings (SSSR count). The van der Waals surface area contributed by atoms with Gasteiger partial charge in [0.05, 0.1) is 6.20 Å². The second-order valence-corrected chi connectivity index (χ2v) is 6.81. The molecule has 1 aliphatic heterocycles. The van der Waals surface area contributed by atoms with Crippen molar-refractivity contribution in [1.29, 1.82) is 0 Å². The molecule has 2 aromatic carbocycles. The predicted octanol–water partition coefficient (Wildman–Crippen LogP) is 4.14. The van der Waals surface area contributed by atoms with E-state index in [0.717, 1.165) is 18.8 Å². The van der Waals surface area contributed by atoms with Crippen molar-refractivity contribution in [3.63, 3.8) is 0 Å². The van der Waals surface area contributed by atoms with Gasteiger partial charge in [0.15, 0.2) is 5.82 Å². The number of aryl methyl sites for hydroxylation is 1. The normalized spacial score (nSPS) is 13.6. The molecule has 27 heavy (non-hydrogen) atoms. The summed E-state index contributed by atoms with van der Waals surface area (Å²) in [5, 5.41) is 14.7. The van der Waals surface area contributed by atoms with Crippen LogP contribution in [0.5, 0.6) is 0 Å². The first-order valence-electron chi connectivity index (χ1n) is 9.38. The van der Waals surface area contributed by atoms with Gasteiger partial charge in [-0.1, -0.05) is 24.3 Å². The lowest BCUT2D eigenvalue weighted by molar-refractivity contribution is 0.946. The van der Waals surface area contributed by atoms with Gasteiger partial charge in [0.25, 0.3) is 0 Å². The summed E-state index contributed by atoms with van der Waals surface area (Å²) in [6, 6.07) is 16.7. The van der Waals surface area contributed by atoms with Crippen molar-refractivity contribution < 1.29 is 0 Å². The van der Waals surface area contributed by atoms with Gasteiger partial charge in [-0.15, -0.1) is 5.10 Å². The third-order valence-electron chi connectivity index (χ3n) is 4.87. The first-order valence-corrected chi connectivity index (χ1v) is 9.38. The molecule has 2 heterocycles. The summed E-state index contributed by atoms with van der Waals surface area (Å²) in [5.74, 6) is 1.18. The van der Waals surface area contributed by atoms with E-state index >= 15 is 0 Å². The van der Waals surface area contributed by atoms with Crippen LogP contribution in [-0.4, -0.2) is 28.3 Å². The largest absolute Gasteiger partial charge is 0.372 e. The average Bonchev–Trinajstić information content (AvgIpc) is 3.23. The summed E-state index contributed by atoms with van der Waals surface area (Å²) in [6.45, 7) is 5.07. The fourth-order valence-electron chi connectivity index (χ4n) is 3.30. The van der Waals surface area contributed by atoms with E-state index in [-0.39, 0.29) is 0 Å². The van der Waals surface area contributed by atoms with Crippen LogP contribution in [0, 0.1) is 6.92 Å². The molecule has 0 unspecified atom stereocenters. The number of nitrogens with zero attached hydrogens (tertiary/aromatic N) is 4. The highest BCUT2D eigenvalue weighted by Crippen LogP contribution is 2.23. The summed E-state index contributed by atoms with van der Waals surface area (Å²) in [7, 11) is 0. The maximum atomic E-state index is 4.51. The topological polar surface area (TPSA) is 66.0 Å². The molecule has 1 aliphatic rings. The maximum absolute atomic E-state index is 4.51. The molecule has 1 saturated heterocycles. The number of nitrogens with one attached hydrogen (secondary N) is 2. The zero-order chi connectivity index (χ0) is 18.5. The fourth-order valence-corrected chi connectivity index (χ4v) is 3.30. The number of aromatic nitrogens is 3. The maximum Gasteiger partial charge on any atom is 0.244 e. The first kappa shape index (κ1) is 17.3. The molecule has 0 amide bonds. The number of anilines is 4. The van der Waals surface area contributed by atoms with Crippen LogP contribution in [0.2, 0.25) is 0 Å². The van der Waals surface area contributed by atoms with E-state index in [9.17, 15) is 0 Å².